The number of anilines is 2. The molecule has 0 fully saturated rings. The molecule has 0 aliphatic rings. The van der Waals surface area contributed by atoms with Crippen molar-refractivity contribution >= 4 is 34.8 Å². The monoisotopic (exact) mass is 368 g/mol. The quantitative estimate of drug-likeness (QED) is 0.671. The van der Waals surface area contributed by atoms with E-state index in [-0.39, 0.29) is 17.6 Å². The van der Waals surface area contributed by atoms with Gasteiger partial charge >= 0.3 is 0 Å². The van der Waals surface area contributed by atoms with E-state index < -0.39 is 0 Å². The minimum Gasteiger partial charge on any atom is -0.451 e. The summed E-state index contributed by atoms with van der Waals surface area (Å²) in [7, 11) is 0. The molecule has 1 aromatic heterocycles. The molecule has 1 heterocycles. The predicted molar refractivity (Wildman–Crippen MR) is 103 cm³/mol. The van der Waals surface area contributed by atoms with Gasteiger partial charge in [-0.3, -0.25) is 9.59 Å². The van der Waals surface area contributed by atoms with E-state index in [0.717, 1.165) is 11.1 Å². The fraction of sp³-hybridized carbons (Fsp3) is 0.100. The van der Waals surface area contributed by atoms with Crippen molar-refractivity contribution in [2.24, 2.45) is 0 Å². The molecule has 0 radical (unpaired) electrons. The zero-order chi connectivity index (χ0) is 18.7. The summed E-state index contributed by atoms with van der Waals surface area (Å²) in [5, 5.41) is 6.08. The maximum atomic E-state index is 12.5. The molecule has 0 aliphatic carbocycles. The van der Waals surface area contributed by atoms with Crippen LogP contribution in [0.1, 0.15) is 23.0 Å². The Bertz CT molecular complexity index is 979. The molecule has 132 valence electrons. The van der Waals surface area contributed by atoms with Gasteiger partial charge in [-0.05, 0) is 48.9 Å². The summed E-state index contributed by atoms with van der Waals surface area (Å²) in [6, 6.07) is 15.8. The molecule has 0 saturated carbocycles. The molecule has 2 aromatic carbocycles. The van der Waals surface area contributed by atoms with Crippen molar-refractivity contribution in [2.75, 3.05) is 10.6 Å². The highest BCUT2D eigenvalue weighted by atomic mass is 35.5. The maximum absolute atomic E-state index is 12.5. The molecule has 0 unspecified atom stereocenters. The van der Waals surface area contributed by atoms with Gasteiger partial charge in [-0.2, -0.15) is 0 Å². The van der Waals surface area contributed by atoms with Crippen LogP contribution >= 0.6 is 11.6 Å². The lowest BCUT2D eigenvalue weighted by atomic mass is 10.1. The number of nitrogens with one attached hydrogen (secondary N) is 2. The number of hydrogen-bond acceptors (Lipinski definition) is 3. The van der Waals surface area contributed by atoms with Gasteiger partial charge in [0.2, 0.25) is 5.91 Å². The van der Waals surface area contributed by atoms with Crippen LogP contribution in [0.2, 0.25) is 5.02 Å². The summed E-state index contributed by atoms with van der Waals surface area (Å²) >= 11 is 6.16. The minimum absolute atomic E-state index is 0.171. The zero-order valence-corrected chi connectivity index (χ0v) is 15.1. The number of amides is 2. The summed E-state index contributed by atoms with van der Waals surface area (Å²) in [4.78, 5) is 23.8. The summed E-state index contributed by atoms with van der Waals surface area (Å²) in [5.41, 5.74) is 2.72. The van der Waals surface area contributed by atoms with Gasteiger partial charge in [-0.15, -0.1) is 0 Å². The van der Waals surface area contributed by atoms with Crippen LogP contribution in [0, 0.1) is 6.92 Å². The Morgan fingerprint density at radius 1 is 0.923 bits per heavy atom. The van der Waals surface area contributed by atoms with Gasteiger partial charge in [0.15, 0.2) is 5.76 Å². The molecule has 2 amide bonds. The van der Waals surface area contributed by atoms with Crippen molar-refractivity contribution in [3.05, 3.63) is 70.9 Å². The lowest BCUT2D eigenvalue weighted by Crippen LogP contribution is -2.13. The summed E-state index contributed by atoms with van der Waals surface area (Å²) in [6.45, 7) is 3.25. The van der Waals surface area contributed by atoms with Crippen molar-refractivity contribution in [1.82, 2.24) is 0 Å². The van der Waals surface area contributed by atoms with Gasteiger partial charge in [-0.25, -0.2) is 0 Å². The van der Waals surface area contributed by atoms with E-state index in [2.05, 4.69) is 10.6 Å². The van der Waals surface area contributed by atoms with E-state index in [1.807, 2.05) is 25.1 Å². The summed E-state index contributed by atoms with van der Waals surface area (Å²) in [5.74, 6) is 0.132. The number of carbonyl (C=O) groups is 2. The number of furan rings is 1. The van der Waals surface area contributed by atoms with Crippen molar-refractivity contribution < 1.29 is 14.0 Å². The van der Waals surface area contributed by atoms with Gasteiger partial charge in [0, 0.05) is 23.9 Å². The fourth-order valence-corrected chi connectivity index (χ4v) is 2.77. The fourth-order valence-electron chi connectivity index (χ4n) is 2.55. The standard InChI is InChI=1S/C20H17ClN2O3/c1-12-16(22-13(2)24)8-5-9-17(12)23-20(25)19-11-10-18(26-19)14-6-3-4-7-15(14)21/h3-11H,1-2H3,(H,22,24)(H,23,25). The first-order valence-electron chi connectivity index (χ1n) is 7.99. The topological polar surface area (TPSA) is 71.3 Å². The second kappa shape index (κ2) is 7.45. The van der Waals surface area contributed by atoms with Crippen LogP contribution in [0.15, 0.2) is 59.0 Å². The second-order valence-corrected chi connectivity index (χ2v) is 6.16. The van der Waals surface area contributed by atoms with Crippen LogP contribution in [0.5, 0.6) is 0 Å². The lowest BCUT2D eigenvalue weighted by molar-refractivity contribution is -0.114. The molecule has 26 heavy (non-hydrogen) atoms. The minimum atomic E-state index is -0.383. The van der Waals surface area contributed by atoms with Crippen LogP contribution in [0.3, 0.4) is 0 Å². The predicted octanol–water partition coefficient (Wildman–Crippen LogP) is 5.12. The van der Waals surface area contributed by atoms with E-state index in [1.165, 1.54) is 6.92 Å². The average molecular weight is 369 g/mol. The highest BCUT2D eigenvalue weighted by Crippen LogP contribution is 2.30. The molecule has 3 rings (SSSR count). The summed E-state index contributed by atoms with van der Waals surface area (Å²) < 4.78 is 5.65. The van der Waals surface area contributed by atoms with Crippen molar-refractivity contribution in [1.29, 1.82) is 0 Å². The number of rotatable bonds is 4. The third kappa shape index (κ3) is 3.78. The summed E-state index contributed by atoms with van der Waals surface area (Å²) in [6.07, 6.45) is 0. The smallest absolute Gasteiger partial charge is 0.291 e. The number of halogens is 1. The Morgan fingerprint density at radius 2 is 1.62 bits per heavy atom. The van der Waals surface area contributed by atoms with E-state index in [4.69, 9.17) is 16.0 Å². The molecule has 0 aliphatic heterocycles. The maximum Gasteiger partial charge on any atom is 0.291 e. The van der Waals surface area contributed by atoms with Gasteiger partial charge in [0.1, 0.15) is 5.76 Å². The Balaban J connectivity index is 1.82. The number of benzene rings is 2. The van der Waals surface area contributed by atoms with Crippen molar-refractivity contribution in [3.63, 3.8) is 0 Å². The first-order chi connectivity index (χ1) is 12.5. The van der Waals surface area contributed by atoms with Gasteiger partial charge < -0.3 is 15.1 Å². The molecule has 5 nitrogen and oxygen atoms in total. The van der Waals surface area contributed by atoms with Gasteiger partial charge in [-0.1, -0.05) is 29.8 Å². The Hall–Kier alpha value is -3.05. The zero-order valence-electron chi connectivity index (χ0n) is 14.3. The Labute approximate surface area is 156 Å². The highest BCUT2D eigenvalue weighted by Gasteiger charge is 2.15. The Morgan fingerprint density at radius 3 is 2.31 bits per heavy atom. The molecule has 0 spiro atoms. The molecular weight excluding hydrogens is 352 g/mol. The average Bonchev–Trinajstić information content (AvgIpc) is 3.08. The van der Waals surface area contributed by atoms with Crippen LogP contribution in [-0.2, 0) is 4.79 Å². The van der Waals surface area contributed by atoms with E-state index in [1.54, 1.807) is 36.4 Å². The second-order valence-electron chi connectivity index (χ2n) is 5.76. The SMILES string of the molecule is CC(=O)Nc1cccc(NC(=O)c2ccc(-c3ccccc3Cl)o2)c1C. The number of carbonyl (C=O) groups excluding carboxylic acids is 2. The highest BCUT2D eigenvalue weighted by molar-refractivity contribution is 6.33. The Kier molecular flexibility index (Phi) is 5.09. The molecule has 2 N–H and O–H groups in total. The van der Waals surface area contributed by atoms with E-state index >= 15 is 0 Å². The van der Waals surface area contributed by atoms with Gasteiger partial charge in [0.25, 0.3) is 5.91 Å². The molecule has 3 aromatic rings. The van der Waals surface area contributed by atoms with Crippen LogP contribution in [0.4, 0.5) is 11.4 Å². The lowest BCUT2D eigenvalue weighted by Gasteiger charge is -2.12. The molecular formula is C20H17ClN2O3. The van der Waals surface area contributed by atoms with E-state index in [9.17, 15) is 9.59 Å². The molecule has 0 atom stereocenters. The number of hydrogen-bond donors (Lipinski definition) is 2. The van der Waals surface area contributed by atoms with Crippen LogP contribution < -0.4 is 10.6 Å². The van der Waals surface area contributed by atoms with Crippen LogP contribution in [0.25, 0.3) is 11.3 Å². The third-order valence-electron chi connectivity index (χ3n) is 3.86. The first kappa shape index (κ1) is 17.8. The van der Waals surface area contributed by atoms with E-state index in [0.29, 0.717) is 22.2 Å². The molecule has 0 bridgehead atoms. The largest absolute Gasteiger partial charge is 0.451 e. The first-order valence-corrected chi connectivity index (χ1v) is 8.37. The molecule has 6 heteroatoms. The van der Waals surface area contributed by atoms with Crippen molar-refractivity contribution in [3.8, 4) is 11.3 Å². The molecule has 0 saturated heterocycles. The van der Waals surface area contributed by atoms with Crippen molar-refractivity contribution in [2.45, 2.75) is 13.8 Å². The van der Waals surface area contributed by atoms with Crippen LogP contribution in [-0.4, -0.2) is 11.8 Å². The van der Waals surface area contributed by atoms with Gasteiger partial charge in [0.05, 0.1) is 5.02 Å². The normalized spacial score (nSPS) is 10.4. The third-order valence-corrected chi connectivity index (χ3v) is 4.19.